The first-order valence-corrected chi connectivity index (χ1v) is 6.28. The second-order valence-corrected chi connectivity index (χ2v) is 4.59. The standard InChI is InChI=1S/C14H18N2O5/c1-8-4-5-10(9(2)6-8)15-14(20)16-11(13(18)19)7-12(17)21-3/h4-6,11H,7H2,1-3H3,(H,18,19)(H2,15,16,20)/t11-/m0/s1. The summed E-state index contributed by atoms with van der Waals surface area (Å²) in [7, 11) is 1.15. The molecular formula is C14H18N2O5. The van der Waals surface area contributed by atoms with Crippen molar-refractivity contribution in [2.45, 2.75) is 26.3 Å². The molecule has 1 atom stereocenters. The summed E-state index contributed by atoms with van der Waals surface area (Å²) in [6.45, 7) is 3.75. The van der Waals surface area contributed by atoms with E-state index in [9.17, 15) is 14.4 Å². The fourth-order valence-electron chi connectivity index (χ4n) is 1.72. The molecule has 0 saturated heterocycles. The molecule has 1 aromatic carbocycles. The number of hydrogen-bond acceptors (Lipinski definition) is 4. The second kappa shape index (κ2) is 7.28. The maximum absolute atomic E-state index is 11.8. The van der Waals surface area contributed by atoms with Crippen molar-refractivity contribution >= 4 is 23.7 Å². The predicted molar refractivity (Wildman–Crippen MR) is 76.1 cm³/mol. The lowest BCUT2D eigenvalue weighted by atomic mass is 10.1. The molecule has 0 aliphatic rings. The number of carboxylic acids is 1. The molecule has 21 heavy (non-hydrogen) atoms. The third kappa shape index (κ3) is 5.13. The highest BCUT2D eigenvalue weighted by atomic mass is 16.5. The molecule has 0 spiro atoms. The number of aliphatic carboxylic acids is 1. The molecule has 0 bridgehead atoms. The monoisotopic (exact) mass is 294 g/mol. The molecule has 0 unspecified atom stereocenters. The van der Waals surface area contributed by atoms with E-state index in [2.05, 4.69) is 15.4 Å². The van der Waals surface area contributed by atoms with Gasteiger partial charge in [-0.25, -0.2) is 9.59 Å². The van der Waals surface area contributed by atoms with Crippen LogP contribution in [0.15, 0.2) is 18.2 Å². The second-order valence-electron chi connectivity index (χ2n) is 4.59. The summed E-state index contributed by atoms with van der Waals surface area (Å²) in [6.07, 6.45) is -0.438. The number of rotatable bonds is 5. The van der Waals surface area contributed by atoms with Gasteiger partial charge in [-0.15, -0.1) is 0 Å². The van der Waals surface area contributed by atoms with E-state index in [1.54, 1.807) is 6.07 Å². The molecule has 3 N–H and O–H groups in total. The van der Waals surface area contributed by atoms with Gasteiger partial charge in [-0.1, -0.05) is 17.7 Å². The van der Waals surface area contributed by atoms with Crippen molar-refractivity contribution in [1.29, 1.82) is 0 Å². The van der Waals surface area contributed by atoms with Gasteiger partial charge in [-0.3, -0.25) is 4.79 Å². The highest BCUT2D eigenvalue weighted by molar-refractivity contribution is 5.94. The summed E-state index contributed by atoms with van der Waals surface area (Å²) < 4.78 is 4.39. The van der Waals surface area contributed by atoms with Gasteiger partial charge in [0.25, 0.3) is 0 Å². The molecular weight excluding hydrogens is 276 g/mol. The van der Waals surface area contributed by atoms with Crippen LogP contribution < -0.4 is 10.6 Å². The molecule has 1 aromatic rings. The third-order valence-corrected chi connectivity index (χ3v) is 2.83. The lowest BCUT2D eigenvalue weighted by Gasteiger charge is -2.15. The summed E-state index contributed by atoms with van der Waals surface area (Å²) in [5, 5.41) is 13.7. The number of esters is 1. The average molecular weight is 294 g/mol. The number of ether oxygens (including phenoxy) is 1. The van der Waals surface area contributed by atoms with E-state index in [1.165, 1.54) is 0 Å². The van der Waals surface area contributed by atoms with Gasteiger partial charge in [0.05, 0.1) is 13.5 Å². The van der Waals surface area contributed by atoms with Crippen LogP contribution >= 0.6 is 0 Å². The maximum Gasteiger partial charge on any atom is 0.326 e. The van der Waals surface area contributed by atoms with E-state index < -0.39 is 30.4 Å². The Bertz CT molecular complexity index is 556. The van der Waals surface area contributed by atoms with Gasteiger partial charge >= 0.3 is 18.0 Å². The van der Waals surface area contributed by atoms with Crippen molar-refractivity contribution in [2.24, 2.45) is 0 Å². The normalized spacial score (nSPS) is 11.4. The number of methoxy groups -OCH3 is 1. The Morgan fingerprint density at radius 3 is 2.48 bits per heavy atom. The fourth-order valence-corrected chi connectivity index (χ4v) is 1.72. The van der Waals surface area contributed by atoms with Gasteiger partial charge in [-0.05, 0) is 25.5 Å². The number of amides is 2. The lowest BCUT2D eigenvalue weighted by molar-refractivity contribution is -0.147. The van der Waals surface area contributed by atoms with Crippen molar-refractivity contribution in [3.8, 4) is 0 Å². The Balaban J connectivity index is 2.69. The topological polar surface area (TPSA) is 105 Å². The van der Waals surface area contributed by atoms with Crippen molar-refractivity contribution in [1.82, 2.24) is 5.32 Å². The zero-order valence-corrected chi connectivity index (χ0v) is 12.1. The van der Waals surface area contributed by atoms with Crippen LogP contribution in [0.5, 0.6) is 0 Å². The third-order valence-electron chi connectivity index (χ3n) is 2.83. The SMILES string of the molecule is COC(=O)C[C@H](NC(=O)Nc1ccc(C)cc1C)C(=O)O. The van der Waals surface area contributed by atoms with Gasteiger partial charge < -0.3 is 20.5 Å². The first-order valence-electron chi connectivity index (χ1n) is 6.28. The van der Waals surface area contributed by atoms with Crippen LogP contribution in [0.1, 0.15) is 17.5 Å². The van der Waals surface area contributed by atoms with Crippen molar-refractivity contribution in [3.63, 3.8) is 0 Å². The number of hydrogen-bond donors (Lipinski definition) is 3. The number of benzene rings is 1. The molecule has 7 nitrogen and oxygen atoms in total. The van der Waals surface area contributed by atoms with Gasteiger partial charge in [0.1, 0.15) is 6.04 Å². The minimum Gasteiger partial charge on any atom is -0.480 e. The van der Waals surface area contributed by atoms with Gasteiger partial charge in [0.15, 0.2) is 0 Å². The van der Waals surface area contributed by atoms with Crippen LogP contribution in [0.25, 0.3) is 0 Å². The van der Waals surface area contributed by atoms with Crippen LogP contribution in [0.2, 0.25) is 0 Å². The number of carboxylic acid groups (broad SMARTS) is 1. The van der Waals surface area contributed by atoms with Crippen LogP contribution in [0, 0.1) is 13.8 Å². The van der Waals surface area contributed by atoms with Crippen LogP contribution in [-0.4, -0.2) is 36.2 Å². The summed E-state index contributed by atoms with van der Waals surface area (Å²) in [5.41, 5.74) is 2.47. The van der Waals surface area contributed by atoms with Gasteiger partial charge in [-0.2, -0.15) is 0 Å². The Labute approximate surface area is 122 Å². The molecule has 0 aliphatic carbocycles. The number of urea groups is 1. The van der Waals surface area contributed by atoms with Crippen molar-refractivity contribution in [3.05, 3.63) is 29.3 Å². The van der Waals surface area contributed by atoms with E-state index in [-0.39, 0.29) is 0 Å². The molecule has 0 aliphatic heterocycles. The molecule has 0 fully saturated rings. The van der Waals surface area contributed by atoms with Crippen LogP contribution in [-0.2, 0) is 14.3 Å². The molecule has 7 heteroatoms. The molecule has 0 heterocycles. The van der Waals surface area contributed by atoms with Crippen LogP contribution in [0.4, 0.5) is 10.5 Å². The Morgan fingerprint density at radius 1 is 1.29 bits per heavy atom. The first kappa shape index (κ1) is 16.5. The highest BCUT2D eigenvalue weighted by Crippen LogP contribution is 2.15. The van der Waals surface area contributed by atoms with E-state index in [0.29, 0.717) is 5.69 Å². The summed E-state index contributed by atoms with van der Waals surface area (Å²) in [4.78, 5) is 33.9. The largest absolute Gasteiger partial charge is 0.480 e. The zero-order valence-electron chi connectivity index (χ0n) is 12.1. The number of aryl methyl sites for hydroxylation is 2. The Kier molecular flexibility index (Phi) is 5.71. The quantitative estimate of drug-likeness (QED) is 0.713. The predicted octanol–water partition coefficient (Wildman–Crippen LogP) is 1.44. The number of anilines is 1. The maximum atomic E-state index is 11.8. The van der Waals surface area contributed by atoms with Crippen LogP contribution in [0.3, 0.4) is 0 Å². The van der Waals surface area contributed by atoms with E-state index in [4.69, 9.17) is 5.11 Å². The summed E-state index contributed by atoms with van der Waals surface area (Å²) in [5.74, 6) is -2.02. The number of nitrogens with one attached hydrogen (secondary N) is 2. The Morgan fingerprint density at radius 2 is 1.95 bits per heavy atom. The smallest absolute Gasteiger partial charge is 0.326 e. The van der Waals surface area contributed by atoms with Gasteiger partial charge in [0, 0.05) is 5.69 Å². The molecule has 0 aromatic heterocycles. The number of carbonyl (C=O) groups excluding carboxylic acids is 2. The molecule has 114 valence electrons. The highest BCUT2D eigenvalue weighted by Gasteiger charge is 2.23. The van der Waals surface area contributed by atoms with E-state index in [0.717, 1.165) is 18.2 Å². The summed E-state index contributed by atoms with van der Waals surface area (Å²) >= 11 is 0. The fraction of sp³-hybridized carbons (Fsp3) is 0.357. The number of carbonyl (C=O) groups is 3. The molecule has 0 saturated carbocycles. The molecule has 1 rings (SSSR count). The summed E-state index contributed by atoms with van der Waals surface area (Å²) in [6, 6.07) is 3.40. The minimum absolute atomic E-state index is 0.438. The van der Waals surface area contributed by atoms with E-state index in [1.807, 2.05) is 26.0 Å². The zero-order chi connectivity index (χ0) is 16.0. The average Bonchev–Trinajstić information content (AvgIpc) is 2.40. The van der Waals surface area contributed by atoms with Crippen molar-refractivity contribution in [2.75, 3.05) is 12.4 Å². The van der Waals surface area contributed by atoms with Gasteiger partial charge in [0.2, 0.25) is 0 Å². The van der Waals surface area contributed by atoms with E-state index >= 15 is 0 Å². The Hall–Kier alpha value is -2.57. The molecule has 0 radical (unpaired) electrons. The molecule has 2 amide bonds. The van der Waals surface area contributed by atoms with Crippen molar-refractivity contribution < 1.29 is 24.2 Å². The first-order chi connectivity index (χ1) is 9.83. The minimum atomic E-state index is -1.34. The lowest BCUT2D eigenvalue weighted by Crippen LogP contribution is -2.44.